The fraction of sp³-hybridized carbons (Fsp3) is 0.294. The highest BCUT2D eigenvalue weighted by atomic mass is 32.2. The molecule has 1 atom stereocenters. The molecular formula is C17H19N5O2S2. The summed E-state index contributed by atoms with van der Waals surface area (Å²) in [5.41, 5.74) is 0.891. The van der Waals surface area contributed by atoms with Crippen LogP contribution in [0.3, 0.4) is 0 Å². The number of benzene rings is 1. The highest BCUT2D eigenvalue weighted by Crippen LogP contribution is 2.24. The van der Waals surface area contributed by atoms with E-state index in [0.717, 1.165) is 11.4 Å². The summed E-state index contributed by atoms with van der Waals surface area (Å²) in [7, 11) is 1.86. The van der Waals surface area contributed by atoms with Crippen LogP contribution >= 0.6 is 23.1 Å². The van der Waals surface area contributed by atoms with Gasteiger partial charge in [0.15, 0.2) is 16.1 Å². The molecule has 1 amide bonds. The van der Waals surface area contributed by atoms with Gasteiger partial charge < -0.3 is 14.6 Å². The number of para-hydroxylation sites is 1. The second kappa shape index (κ2) is 8.33. The van der Waals surface area contributed by atoms with Crippen molar-refractivity contribution in [2.75, 3.05) is 5.32 Å². The average molecular weight is 390 g/mol. The van der Waals surface area contributed by atoms with Gasteiger partial charge in [0.05, 0.1) is 10.9 Å². The normalized spacial score (nSPS) is 12.0. The lowest BCUT2D eigenvalue weighted by Gasteiger charge is -2.10. The molecule has 1 unspecified atom stereocenters. The highest BCUT2D eigenvalue weighted by molar-refractivity contribution is 8.00. The second-order valence-electron chi connectivity index (χ2n) is 5.60. The lowest BCUT2D eigenvalue weighted by atomic mass is 10.3. The summed E-state index contributed by atoms with van der Waals surface area (Å²) in [4.78, 5) is 16.5. The van der Waals surface area contributed by atoms with E-state index in [-0.39, 0.29) is 11.2 Å². The molecule has 0 radical (unpaired) electrons. The maximum Gasteiger partial charge on any atom is 0.239 e. The van der Waals surface area contributed by atoms with Crippen LogP contribution in [-0.2, 0) is 18.4 Å². The topological polar surface area (TPSA) is 81.9 Å². The molecule has 0 saturated heterocycles. The van der Waals surface area contributed by atoms with Gasteiger partial charge in [-0.05, 0) is 26.0 Å². The van der Waals surface area contributed by atoms with Gasteiger partial charge in [-0.25, -0.2) is 4.98 Å². The molecular weight excluding hydrogens is 370 g/mol. The highest BCUT2D eigenvalue weighted by Gasteiger charge is 2.20. The minimum Gasteiger partial charge on any atom is -0.486 e. The number of anilines is 1. The number of thiazole rings is 1. The first kappa shape index (κ1) is 18.4. The largest absolute Gasteiger partial charge is 0.486 e. The van der Waals surface area contributed by atoms with Crippen LogP contribution in [0.4, 0.5) is 5.13 Å². The van der Waals surface area contributed by atoms with E-state index in [2.05, 4.69) is 20.5 Å². The minimum atomic E-state index is -0.329. The van der Waals surface area contributed by atoms with Crippen LogP contribution in [0.25, 0.3) is 0 Å². The van der Waals surface area contributed by atoms with Crippen LogP contribution in [0.15, 0.2) is 40.9 Å². The van der Waals surface area contributed by atoms with E-state index in [1.165, 1.54) is 23.1 Å². The Kier molecular flexibility index (Phi) is 5.89. The summed E-state index contributed by atoms with van der Waals surface area (Å²) in [5.74, 6) is 1.35. The first-order valence-electron chi connectivity index (χ1n) is 7.98. The summed E-state index contributed by atoms with van der Waals surface area (Å²) < 4.78 is 7.54. The van der Waals surface area contributed by atoms with Crippen molar-refractivity contribution in [2.24, 2.45) is 7.05 Å². The molecule has 0 aliphatic carbocycles. The van der Waals surface area contributed by atoms with Crippen LogP contribution in [0, 0.1) is 6.92 Å². The molecule has 3 aromatic rings. The van der Waals surface area contributed by atoms with Crippen LogP contribution < -0.4 is 10.1 Å². The zero-order valence-corrected chi connectivity index (χ0v) is 16.3. The molecule has 0 bridgehead atoms. The average Bonchev–Trinajstić information content (AvgIpc) is 3.20. The van der Waals surface area contributed by atoms with E-state index in [9.17, 15) is 4.79 Å². The SMILES string of the molecule is Cc1csc(NC(=O)C(C)Sc2nnc(COc3ccccc3)n2C)n1. The molecule has 0 fully saturated rings. The Balaban J connectivity index is 1.57. The van der Waals surface area contributed by atoms with Crippen LogP contribution in [0.5, 0.6) is 5.75 Å². The van der Waals surface area contributed by atoms with Crippen molar-refractivity contribution >= 4 is 34.1 Å². The molecule has 1 aromatic carbocycles. The lowest BCUT2D eigenvalue weighted by molar-refractivity contribution is -0.115. The standard InChI is InChI=1S/C17H19N5O2S2/c1-11-10-25-16(18-11)19-15(23)12(2)26-17-21-20-14(22(17)3)9-24-13-7-5-4-6-8-13/h4-8,10,12H,9H2,1-3H3,(H,18,19,23). The number of nitrogens with one attached hydrogen (secondary N) is 1. The van der Waals surface area contributed by atoms with Gasteiger partial charge >= 0.3 is 0 Å². The van der Waals surface area contributed by atoms with Gasteiger partial charge in [0.1, 0.15) is 12.4 Å². The number of amides is 1. The third-order valence-corrected chi connectivity index (χ3v) is 5.55. The van der Waals surface area contributed by atoms with E-state index in [1.54, 1.807) is 0 Å². The van der Waals surface area contributed by atoms with E-state index in [4.69, 9.17) is 4.74 Å². The van der Waals surface area contributed by atoms with Crippen molar-refractivity contribution in [1.29, 1.82) is 0 Å². The molecule has 1 N–H and O–H groups in total. The molecule has 2 aromatic heterocycles. The molecule has 0 spiro atoms. The first-order valence-corrected chi connectivity index (χ1v) is 9.74. The summed E-state index contributed by atoms with van der Waals surface area (Å²) in [5, 5.41) is 14.0. The number of aromatic nitrogens is 4. The number of nitrogens with zero attached hydrogens (tertiary/aromatic N) is 4. The van der Waals surface area contributed by atoms with Gasteiger partial charge in [-0.3, -0.25) is 4.79 Å². The summed E-state index contributed by atoms with van der Waals surface area (Å²) in [6.07, 6.45) is 0. The van der Waals surface area contributed by atoms with Gasteiger partial charge in [-0.1, -0.05) is 30.0 Å². The Morgan fingerprint density at radius 2 is 2.12 bits per heavy atom. The second-order valence-corrected chi connectivity index (χ2v) is 7.77. The van der Waals surface area contributed by atoms with Crippen LogP contribution in [0.1, 0.15) is 18.4 Å². The Morgan fingerprint density at radius 3 is 2.81 bits per heavy atom. The van der Waals surface area contributed by atoms with Crippen molar-refractivity contribution in [3.8, 4) is 5.75 Å². The molecule has 0 aliphatic rings. The number of aryl methyl sites for hydroxylation is 1. The number of carbonyl (C=O) groups is 1. The molecule has 7 nitrogen and oxygen atoms in total. The van der Waals surface area contributed by atoms with Gasteiger partial charge in [-0.15, -0.1) is 21.5 Å². The first-order chi connectivity index (χ1) is 12.5. The van der Waals surface area contributed by atoms with Crippen molar-refractivity contribution in [2.45, 2.75) is 30.9 Å². The molecule has 3 rings (SSSR count). The molecule has 2 heterocycles. The number of hydrogen-bond acceptors (Lipinski definition) is 7. The van der Waals surface area contributed by atoms with Crippen molar-refractivity contribution in [3.05, 3.63) is 47.2 Å². The van der Waals surface area contributed by atoms with Crippen molar-refractivity contribution in [3.63, 3.8) is 0 Å². The predicted octanol–water partition coefficient (Wildman–Crippen LogP) is 3.28. The van der Waals surface area contributed by atoms with Gasteiger partial charge in [0.25, 0.3) is 0 Å². The maximum absolute atomic E-state index is 12.3. The predicted molar refractivity (Wildman–Crippen MR) is 103 cm³/mol. The molecule has 136 valence electrons. The maximum atomic E-state index is 12.3. The molecule has 0 saturated carbocycles. The smallest absolute Gasteiger partial charge is 0.239 e. The van der Waals surface area contributed by atoms with E-state index < -0.39 is 0 Å². The number of thioether (sulfide) groups is 1. The summed E-state index contributed by atoms with van der Waals surface area (Å²) in [6.45, 7) is 4.03. The molecule has 26 heavy (non-hydrogen) atoms. The third kappa shape index (κ3) is 4.61. The van der Waals surface area contributed by atoms with Gasteiger partial charge in [0.2, 0.25) is 5.91 Å². The van der Waals surface area contributed by atoms with Crippen molar-refractivity contribution in [1.82, 2.24) is 19.7 Å². The van der Waals surface area contributed by atoms with E-state index in [1.807, 2.05) is 61.2 Å². The van der Waals surface area contributed by atoms with Gasteiger partial charge in [0, 0.05) is 12.4 Å². The number of carbonyl (C=O) groups excluding carboxylic acids is 1. The number of hydrogen-bond donors (Lipinski definition) is 1. The Morgan fingerprint density at radius 1 is 1.35 bits per heavy atom. The summed E-state index contributed by atoms with van der Waals surface area (Å²) >= 11 is 2.76. The Bertz CT molecular complexity index is 878. The third-order valence-electron chi connectivity index (χ3n) is 3.54. The van der Waals surface area contributed by atoms with E-state index in [0.29, 0.717) is 22.7 Å². The van der Waals surface area contributed by atoms with Crippen LogP contribution in [0.2, 0.25) is 0 Å². The zero-order chi connectivity index (χ0) is 18.5. The fourth-order valence-electron chi connectivity index (χ4n) is 2.07. The zero-order valence-electron chi connectivity index (χ0n) is 14.7. The lowest BCUT2D eigenvalue weighted by Crippen LogP contribution is -2.22. The number of rotatable bonds is 7. The molecule has 0 aliphatic heterocycles. The van der Waals surface area contributed by atoms with Gasteiger partial charge in [-0.2, -0.15) is 0 Å². The Hall–Kier alpha value is -2.39. The fourth-order valence-corrected chi connectivity index (χ4v) is 3.59. The molecule has 9 heteroatoms. The Labute approximate surface area is 159 Å². The monoisotopic (exact) mass is 389 g/mol. The minimum absolute atomic E-state index is 0.116. The quantitative estimate of drug-likeness (QED) is 0.625. The number of ether oxygens (including phenoxy) is 1. The van der Waals surface area contributed by atoms with Crippen molar-refractivity contribution < 1.29 is 9.53 Å². The summed E-state index contributed by atoms with van der Waals surface area (Å²) in [6, 6.07) is 9.54. The van der Waals surface area contributed by atoms with E-state index >= 15 is 0 Å². The van der Waals surface area contributed by atoms with Crippen LogP contribution in [-0.4, -0.2) is 30.9 Å².